The molecule has 0 radical (unpaired) electrons. The fraction of sp³-hybridized carbons (Fsp3) is 0.158. The number of thiazole rings is 1. The van der Waals surface area contributed by atoms with Gasteiger partial charge in [0.25, 0.3) is 0 Å². The number of aromatic nitrogens is 1. The summed E-state index contributed by atoms with van der Waals surface area (Å²) in [6.07, 6.45) is 0. The Hall–Kier alpha value is -2.37. The number of rotatable bonds is 6. The first-order chi connectivity index (χ1) is 12.2. The molecule has 2 aromatic carbocycles. The Morgan fingerprint density at radius 1 is 1.16 bits per heavy atom. The molecule has 128 valence electrons. The number of nitrogens with zero attached hydrogens (tertiary/aromatic N) is 2. The number of hydrazone groups is 1. The highest BCUT2D eigenvalue weighted by atomic mass is 35.5. The summed E-state index contributed by atoms with van der Waals surface area (Å²) in [5, 5.41) is 7.87. The minimum atomic E-state index is 0.661. The molecule has 0 spiro atoms. The van der Waals surface area contributed by atoms with Crippen molar-refractivity contribution < 1.29 is 4.74 Å². The molecular weight excluding hydrogens is 354 g/mol. The largest absolute Gasteiger partial charge is 0.494 e. The van der Waals surface area contributed by atoms with E-state index in [1.54, 1.807) is 0 Å². The Labute approximate surface area is 156 Å². The number of hydrogen-bond acceptors (Lipinski definition) is 5. The van der Waals surface area contributed by atoms with Gasteiger partial charge < -0.3 is 4.74 Å². The normalized spacial score (nSPS) is 11.4. The summed E-state index contributed by atoms with van der Waals surface area (Å²) in [5.41, 5.74) is 6.87. The molecular formula is C19H18ClN3OS. The van der Waals surface area contributed by atoms with Crippen LogP contribution in [0, 0.1) is 0 Å². The highest BCUT2D eigenvalue weighted by Crippen LogP contribution is 2.26. The van der Waals surface area contributed by atoms with Crippen molar-refractivity contribution in [3.8, 4) is 17.0 Å². The van der Waals surface area contributed by atoms with E-state index < -0.39 is 0 Å². The molecule has 6 heteroatoms. The van der Waals surface area contributed by atoms with E-state index in [9.17, 15) is 0 Å². The molecule has 1 heterocycles. The van der Waals surface area contributed by atoms with Gasteiger partial charge in [0.1, 0.15) is 5.75 Å². The molecule has 0 unspecified atom stereocenters. The van der Waals surface area contributed by atoms with Crippen LogP contribution in [0.2, 0.25) is 5.02 Å². The molecule has 0 saturated carbocycles. The third-order valence-corrected chi connectivity index (χ3v) is 4.55. The molecule has 0 atom stereocenters. The highest BCUT2D eigenvalue weighted by molar-refractivity contribution is 7.14. The lowest BCUT2D eigenvalue weighted by Crippen LogP contribution is -2.00. The van der Waals surface area contributed by atoms with E-state index in [2.05, 4.69) is 15.5 Å². The van der Waals surface area contributed by atoms with E-state index in [1.807, 2.05) is 67.8 Å². The van der Waals surface area contributed by atoms with E-state index >= 15 is 0 Å². The number of halogens is 1. The third-order valence-electron chi connectivity index (χ3n) is 3.55. The van der Waals surface area contributed by atoms with Crippen LogP contribution in [0.1, 0.15) is 19.4 Å². The fourth-order valence-electron chi connectivity index (χ4n) is 2.23. The van der Waals surface area contributed by atoms with Crippen molar-refractivity contribution in [3.63, 3.8) is 0 Å². The predicted octanol–water partition coefficient (Wildman–Crippen LogP) is 5.70. The van der Waals surface area contributed by atoms with Crippen LogP contribution in [-0.4, -0.2) is 17.3 Å². The van der Waals surface area contributed by atoms with Gasteiger partial charge in [-0.15, -0.1) is 11.3 Å². The number of nitrogens with one attached hydrogen (secondary N) is 1. The topological polar surface area (TPSA) is 46.5 Å². The quantitative estimate of drug-likeness (QED) is 0.446. The van der Waals surface area contributed by atoms with Crippen LogP contribution in [0.25, 0.3) is 11.3 Å². The van der Waals surface area contributed by atoms with E-state index in [4.69, 9.17) is 16.3 Å². The minimum absolute atomic E-state index is 0.661. The lowest BCUT2D eigenvalue weighted by atomic mass is 10.1. The van der Waals surface area contributed by atoms with Gasteiger partial charge in [-0.25, -0.2) is 4.98 Å². The zero-order valence-corrected chi connectivity index (χ0v) is 15.6. The molecule has 0 bridgehead atoms. The van der Waals surface area contributed by atoms with E-state index in [0.29, 0.717) is 11.6 Å². The van der Waals surface area contributed by atoms with Crippen LogP contribution in [-0.2, 0) is 0 Å². The third kappa shape index (κ3) is 4.59. The zero-order valence-electron chi connectivity index (χ0n) is 14.0. The molecule has 4 nitrogen and oxygen atoms in total. The van der Waals surface area contributed by atoms with Crippen molar-refractivity contribution in [2.75, 3.05) is 12.0 Å². The van der Waals surface area contributed by atoms with E-state index in [1.165, 1.54) is 11.3 Å². The zero-order chi connectivity index (χ0) is 17.6. The molecule has 0 aliphatic rings. The van der Waals surface area contributed by atoms with Gasteiger partial charge in [-0.1, -0.05) is 23.7 Å². The summed E-state index contributed by atoms with van der Waals surface area (Å²) in [6.45, 7) is 4.58. The smallest absolute Gasteiger partial charge is 0.203 e. The maximum absolute atomic E-state index is 5.92. The maximum atomic E-state index is 5.92. The van der Waals surface area contributed by atoms with Crippen LogP contribution < -0.4 is 10.2 Å². The van der Waals surface area contributed by atoms with E-state index in [-0.39, 0.29) is 0 Å². The lowest BCUT2D eigenvalue weighted by Gasteiger charge is -2.05. The van der Waals surface area contributed by atoms with Gasteiger partial charge >= 0.3 is 0 Å². The summed E-state index contributed by atoms with van der Waals surface area (Å²) in [4.78, 5) is 4.55. The van der Waals surface area contributed by atoms with Gasteiger partial charge in [0.05, 0.1) is 18.0 Å². The Balaban J connectivity index is 1.68. The van der Waals surface area contributed by atoms with Gasteiger partial charge in [0, 0.05) is 16.0 Å². The Kier molecular flexibility index (Phi) is 5.68. The summed E-state index contributed by atoms with van der Waals surface area (Å²) in [6, 6.07) is 15.5. The predicted molar refractivity (Wildman–Crippen MR) is 106 cm³/mol. The average Bonchev–Trinajstić information content (AvgIpc) is 3.10. The number of benzene rings is 2. The van der Waals surface area contributed by atoms with Crippen molar-refractivity contribution in [2.45, 2.75) is 13.8 Å². The SMILES string of the molecule is CCOc1ccc(/C(C)=N/Nc2nc(-c3ccc(Cl)cc3)cs2)cc1. The summed E-state index contributed by atoms with van der Waals surface area (Å²) < 4.78 is 5.45. The molecule has 0 saturated heterocycles. The van der Waals surface area contributed by atoms with Crippen LogP contribution in [0.3, 0.4) is 0 Å². The van der Waals surface area contributed by atoms with Crippen LogP contribution in [0.15, 0.2) is 59.0 Å². The second-order valence-electron chi connectivity index (χ2n) is 5.31. The van der Waals surface area contributed by atoms with Gasteiger partial charge in [-0.2, -0.15) is 5.10 Å². The van der Waals surface area contributed by atoms with Crippen molar-refractivity contribution in [1.29, 1.82) is 0 Å². The van der Waals surface area contributed by atoms with Gasteiger partial charge in [-0.3, -0.25) is 5.43 Å². The molecule has 3 aromatic rings. The van der Waals surface area contributed by atoms with E-state index in [0.717, 1.165) is 33.4 Å². The van der Waals surface area contributed by atoms with Crippen molar-refractivity contribution in [3.05, 3.63) is 64.5 Å². The maximum Gasteiger partial charge on any atom is 0.203 e. The second kappa shape index (κ2) is 8.14. The Morgan fingerprint density at radius 2 is 1.88 bits per heavy atom. The number of ether oxygens (including phenoxy) is 1. The van der Waals surface area contributed by atoms with Crippen molar-refractivity contribution >= 4 is 33.8 Å². The molecule has 0 amide bonds. The minimum Gasteiger partial charge on any atom is -0.494 e. The molecule has 3 rings (SSSR count). The van der Waals surface area contributed by atoms with Crippen LogP contribution >= 0.6 is 22.9 Å². The molecule has 1 N–H and O–H groups in total. The monoisotopic (exact) mass is 371 g/mol. The van der Waals surface area contributed by atoms with Gasteiger partial charge in [0.15, 0.2) is 0 Å². The second-order valence-corrected chi connectivity index (χ2v) is 6.61. The first kappa shape index (κ1) is 17.5. The molecule has 0 aliphatic carbocycles. The van der Waals surface area contributed by atoms with Crippen LogP contribution in [0.4, 0.5) is 5.13 Å². The first-order valence-corrected chi connectivity index (χ1v) is 9.16. The summed E-state index contributed by atoms with van der Waals surface area (Å²) >= 11 is 7.43. The molecule has 25 heavy (non-hydrogen) atoms. The highest BCUT2D eigenvalue weighted by Gasteiger charge is 2.05. The van der Waals surface area contributed by atoms with Gasteiger partial charge in [0.2, 0.25) is 5.13 Å². The standard InChI is InChI=1S/C19H18ClN3OS/c1-3-24-17-10-6-14(7-11-17)13(2)22-23-19-21-18(12-25-19)15-4-8-16(20)9-5-15/h4-12H,3H2,1-2H3,(H,21,23)/b22-13+. The number of hydrogen-bond donors (Lipinski definition) is 1. The molecule has 0 aliphatic heterocycles. The molecule has 1 aromatic heterocycles. The van der Waals surface area contributed by atoms with Crippen molar-refractivity contribution in [1.82, 2.24) is 4.98 Å². The van der Waals surface area contributed by atoms with Crippen LogP contribution in [0.5, 0.6) is 5.75 Å². The molecule has 0 fully saturated rings. The summed E-state index contributed by atoms with van der Waals surface area (Å²) in [7, 11) is 0. The number of anilines is 1. The average molecular weight is 372 g/mol. The van der Waals surface area contributed by atoms with Gasteiger partial charge in [-0.05, 0) is 55.8 Å². The first-order valence-electron chi connectivity index (χ1n) is 7.90. The Morgan fingerprint density at radius 3 is 2.56 bits per heavy atom. The lowest BCUT2D eigenvalue weighted by molar-refractivity contribution is 0.340. The Bertz CT molecular complexity index is 857. The van der Waals surface area contributed by atoms with Crippen molar-refractivity contribution in [2.24, 2.45) is 5.10 Å². The summed E-state index contributed by atoms with van der Waals surface area (Å²) in [5.74, 6) is 0.861. The fourth-order valence-corrected chi connectivity index (χ4v) is 3.02.